The Hall–Kier alpha value is -0.400. The molecule has 8 heteroatoms. The summed E-state index contributed by atoms with van der Waals surface area (Å²) in [6.45, 7) is 15.5. The van der Waals surface area contributed by atoms with E-state index in [9.17, 15) is 0 Å². The summed E-state index contributed by atoms with van der Waals surface area (Å²) >= 11 is 3.47. The largest absolute Gasteiger partial charge is 0.497 e. The molecule has 0 radical (unpaired) electrons. The van der Waals surface area contributed by atoms with E-state index in [-0.39, 0.29) is 0 Å². The zero-order chi connectivity index (χ0) is 19.7. The first-order valence-electron chi connectivity index (χ1n) is 8.87. The molecule has 0 atom stereocenters. The maximum atomic E-state index is 15.4. The first kappa shape index (κ1) is 20.3. The van der Waals surface area contributed by atoms with Crippen LogP contribution in [0.2, 0.25) is 0 Å². The quantitative estimate of drug-likeness (QED) is 0.681. The van der Waals surface area contributed by atoms with Gasteiger partial charge in [-0.25, -0.2) is 4.39 Å². The zero-order valence-corrected chi connectivity index (χ0v) is 18.3. The van der Waals surface area contributed by atoms with E-state index in [1.165, 1.54) is 0 Å². The maximum Gasteiger partial charge on any atom is 0.497 e. The van der Waals surface area contributed by atoms with E-state index in [1.807, 2.05) is 55.4 Å². The van der Waals surface area contributed by atoms with Crippen LogP contribution in [0.1, 0.15) is 55.4 Å². The molecule has 0 spiro atoms. The Morgan fingerprint density at radius 2 is 0.962 bits per heavy atom. The van der Waals surface area contributed by atoms with Gasteiger partial charge in [-0.2, -0.15) is 0 Å². The first-order chi connectivity index (χ1) is 11.7. The van der Waals surface area contributed by atoms with Crippen molar-refractivity contribution in [3.05, 3.63) is 22.4 Å². The van der Waals surface area contributed by atoms with Gasteiger partial charge in [-0.1, -0.05) is 15.9 Å². The fourth-order valence-corrected chi connectivity index (χ4v) is 3.41. The van der Waals surface area contributed by atoms with Crippen LogP contribution >= 0.6 is 15.9 Å². The van der Waals surface area contributed by atoms with Gasteiger partial charge < -0.3 is 18.6 Å². The fourth-order valence-electron chi connectivity index (χ4n) is 2.92. The van der Waals surface area contributed by atoms with E-state index in [0.29, 0.717) is 15.4 Å². The Balaban J connectivity index is 1.99. The summed E-state index contributed by atoms with van der Waals surface area (Å²) in [4.78, 5) is 0. The molecule has 142 valence electrons. The second-order valence-electron chi connectivity index (χ2n) is 9.07. The molecule has 0 bridgehead atoms. The minimum Gasteiger partial charge on any atom is -0.399 e. The topological polar surface area (TPSA) is 36.9 Å². The molecular formula is C18H26B2BrFO4. The third-order valence-electron chi connectivity index (χ3n) is 6.11. The lowest BCUT2D eigenvalue weighted by Gasteiger charge is -2.32. The second-order valence-corrected chi connectivity index (χ2v) is 9.99. The Morgan fingerprint density at radius 1 is 0.692 bits per heavy atom. The van der Waals surface area contributed by atoms with Crippen LogP contribution < -0.4 is 10.9 Å². The summed E-state index contributed by atoms with van der Waals surface area (Å²) < 4.78 is 40.2. The van der Waals surface area contributed by atoms with Crippen LogP contribution in [0.25, 0.3) is 0 Å². The lowest BCUT2D eigenvalue weighted by atomic mass is 9.71. The predicted molar refractivity (Wildman–Crippen MR) is 106 cm³/mol. The Morgan fingerprint density at radius 3 is 1.23 bits per heavy atom. The number of hydrogen-bond donors (Lipinski definition) is 0. The number of benzene rings is 1. The molecule has 1 aromatic rings. The van der Waals surface area contributed by atoms with Crippen LogP contribution in [0.3, 0.4) is 0 Å². The third kappa shape index (κ3) is 3.18. The molecule has 0 aliphatic carbocycles. The van der Waals surface area contributed by atoms with E-state index >= 15 is 4.39 Å². The molecule has 0 aromatic heterocycles. The van der Waals surface area contributed by atoms with Gasteiger partial charge in [-0.3, -0.25) is 0 Å². The van der Waals surface area contributed by atoms with Gasteiger partial charge in [0, 0.05) is 15.4 Å². The third-order valence-corrected chi connectivity index (χ3v) is 6.57. The van der Waals surface area contributed by atoms with Gasteiger partial charge in [0.15, 0.2) is 0 Å². The molecule has 0 N–H and O–H groups in total. The van der Waals surface area contributed by atoms with Gasteiger partial charge in [0.05, 0.1) is 22.4 Å². The average Bonchev–Trinajstić information content (AvgIpc) is 2.80. The molecule has 0 amide bonds. The molecule has 0 unspecified atom stereocenters. The molecule has 26 heavy (non-hydrogen) atoms. The normalized spacial score (nSPS) is 25.8. The van der Waals surface area contributed by atoms with Crippen molar-refractivity contribution in [2.24, 2.45) is 0 Å². The summed E-state index contributed by atoms with van der Waals surface area (Å²) in [5, 5.41) is 0. The van der Waals surface area contributed by atoms with Crippen molar-refractivity contribution in [2.45, 2.75) is 77.8 Å². The van der Waals surface area contributed by atoms with Crippen molar-refractivity contribution in [3.63, 3.8) is 0 Å². The van der Waals surface area contributed by atoms with E-state index < -0.39 is 42.5 Å². The fraction of sp³-hybridized carbons (Fsp3) is 0.667. The maximum absolute atomic E-state index is 15.4. The highest BCUT2D eigenvalue weighted by molar-refractivity contribution is 9.10. The minimum atomic E-state index is -0.793. The highest BCUT2D eigenvalue weighted by Gasteiger charge is 2.55. The summed E-state index contributed by atoms with van der Waals surface area (Å²) in [6, 6.07) is 3.37. The Labute approximate surface area is 164 Å². The zero-order valence-electron chi connectivity index (χ0n) is 16.7. The van der Waals surface area contributed by atoms with E-state index in [2.05, 4.69) is 15.9 Å². The molecule has 1 aromatic carbocycles. The smallest absolute Gasteiger partial charge is 0.399 e. The molecule has 3 rings (SSSR count). The van der Waals surface area contributed by atoms with Gasteiger partial charge in [0.2, 0.25) is 0 Å². The van der Waals surface area contributed by atoms with Crippen LogP contribution in [0.15, 0.2) is 16.6 Å². The number of hydrogen-bond acceptors (Lipinski definition) is 4. The summed E-state index contributed by atoms with van der Waals surface area (Å²) in [6.07, 6.45) is 0. The van der Waals surface area contributed by atoms with Crippen molar-refractivity contribution in [1.29, 1.82) is 0 Å². The minimum absolute atomic E-state index is 0.336. The Kier molecular flexibility index (Phi) is 4.73. The van der Waals surface area contributed by atoms with Crippen molar-refractivity contribution >= 4 is 41.1 Å². The Bertz CT molecular complexity index is 647. The van der Waals surface area contributed by atoms with Gasteiger partial charge >= 0.3 is 14.2 Å². The second kappa shape index (κ2) is 6.05. The van der Waals surface area contributed by atoms with E-state index in [0.717, 1.165) is 0 Å². The van der Waals surface area contributed by atoms with Crippen LogP contribution in [0.5, 0.6) is 0 Å². The number of halogens is 2. The van der Waals surface area contributed by atoms with Crippen molar-refractivity contribution in [3.8, 4) is 0 Å². The number of rotatable bonds is 2. The van der Waals surface area contributed by atoms with Gasteiger partial charge in [-0.15, -0.1) is 0 Å². The molecule has 2 fully saturated rings. The van der Waals surface area contributed by atoms with Crippen LogP contribution in [-0.4, -0.2) is 36.6 Å². The molecule has 2 aliphatic heterocycles. The predicted octanol–water partition coefficient (Wildman–Crippen LogP) is 3.19. The average molecular weight is 427 g/mol. The van der Waals surface area contributed by atoms with Gasteiger partial charge in [0.25, 0.3) is 0 Å². The first-order valence-corrected chi connectivity index (χ1v) is 9.66. The van der Waals surface area contributed by atoms with Crippen molar-refractivity contribution in [2.75, 3.05) is 0 Å². The van der Waals surface area contributed by atoms with Gasteiger partial charge in [0.1, 0.15) is 5.82 Å². The van der Waals surface area contributed by atoms with E-state index in [1.54, 1.807) is 12.1 Å². The van der Waals surface area contributed by atoms with Crippen LogP contribution in [0.4, 0.5) is 4.39 Å². The summed E-state index contributed by atoms with van der Waals surface area (Å²) in [5.41, 5.74) is -1.51. The van der Waals surface area contributed by atoms with Crippen LogP contribution in [0, 0.1) is 5.82 Å². The van der Waals surface area contributed by atoms with Gasteiger partial charge in [-0.05, 0) is 67.5 Å². The molecule has 2 heterocycles. The van der Waals surface area contributed by atoms with Crippen molar-refractivity contribution < 1.29 is 23.0 Å². The molecule has 0 saturated carbocycles. The summed E-state index contributed by atoms with van der Waals surface area (Å²) in [7, 11) is -1.59. The SMILES string of the molecule is CC1(C)OB(c2cc(Br)cc(B3OC(C)(C)C(C)(C)O3)c2F)OC1(C)C. The molecule has 4 nitrogen and oxygen atoms in total. The molecule has 2 saturated heterocycles. The van der Waals surface area contributed by atoms with Crippen LogP contribution in [-0.2, 0) is 18.6 Å². The lowest BCUT2D eigenvalue weighted by Crippen LogP contribution is -2.45. The highest BCUT2D eigenvalue weighted by Crippen LogP contribution is 2.38. The lowest BCUT2D eigenvalue weighted by molar-refractivity contribution is 0.00578. The van der Waals surface area contributed by atoms with E-state index in [4.69, 9.17) is 18.6 Å². The molecule has 2 aliphatic rings. The summed E-state index contributed by atoms with van der Waals surface area (Å²) in [5.74, 6) is -0.426. The molecular weight excluding hydrogens is 401 g/mol. The monoisotopic (exact) mass is 426 g/mol. The standard InChI is InChI=1S/C18H26B2BrFO4/c1-15(2)16(3,4)24-19(23-15)12-9-11(21)10-13(14(12)22)20-25-17(5,6)18(7,8)26-20/h9-10H,1-8H3. The van der Waals surface area contributed by atoms with Crippen molar-refractivity contribution in [1.82, 2.24) is 0 Å². The highest BCUT2D eigenvalue weighted by atomic mass is 79.9.